The minimum atomic E-state index is -0.355. The first-order chi connectivity index (χ1) is 8.34. The van der Waals surface area contributed by atoms with Gasteiger partial charge in [-0.2, -0.15) is 0 Å². The molecular weight excluding hydrogens is 252 g/mol. The van der Waals surface area contributed by atoms with Crippen LogP contribution in [0, 0.1) is 0 Å². The van der Waals surface area contributed by atoms with E-state index in [9.17, 15) is 4.79 Å². The summed E-state index contributed by atoms with van der Waals surface area (Å²) in [4.78, 5) is 11.3. The van der Waals surface area contributed by atoms with E-state index >= 15 is 0 Å². The summed E-state index contributed by atoms with van der Waals surface area (Å²) < 4.78 is 5.07. The Bertz CT molecular complexity index is 355. The summed E-state index contributed by atoms with van der Waals surface area (Å²) in [5.41, 5.74) is 0.999. The average molecular weight is 271 g/mol. The van der Waals surface area contributed by atoms with Crippen LogP contribution in [0.15, 0.2) is 30.3 Å². The van der Waals surface area contributed by atoms with Crippen molar-refractivity contribution in [1.29, 1.82) is 0 Å². The van der Waals surface area contributed by atoms with Crippen LogP contribution in [0.5, 0.6) is 0 Å². The predicted octanol–water partition coefficient (Wildman–Crippen LogP) is 2.09. The molecule has 1 saturated carbocycles. The van der Waals surface area contributed by atoms with Gasteiger partial charge in [-0.3, -0.25) is 0 Å². The Morgan fingerprint density at radius 3 is 2.61 bits per heavy atom. The molecule has 0 aromatic heterocycles. The smallest absolute Gasteiger partial charge is 0.407 e. The number of benzene rings is 1. The summed E-state index contributed by atoms with van der Waals surface area (Å²) in [6.45, 7) is 1.75. The van der Waals surface area contributed by atoms with E-state index in [2.05, 4.69) is 10.6 Å². The molecule has 0 unspecified atom stereocenters. The van der Waals surface area contributed by atoms with Crippen LogP contribution in [0.1, 0.15) is 18.4 Å². The summed E-state index contributed by atoms with van der Waals surface area (Å²) in [7, 11) is 0. The molecule has 0 radical (unpaired) electrons. The zero-order valence-electron chi connectivity index (χ0n) is 10.2. The molecule has 2 rings (SSSR count). The SMILES string of the molecule is Cl.O=C(NCCNC1CC1)OCc1ccccc1. The molecule has 0 aliphatic heterocycles. The van der Waals surface area contributed by atoms with Crippen LogP contribution < -0.4 is 10.6 Å². The summed E-state index contributed by atoms with van der Waals surface area (Å²) in [5, 5.41) is 6.03. The van der Waals surface area contributed by atoms with Gasteiger partial charge in [0.05, 0.1) is 0 Å². The number of alkyl carbamates (subject to hydrolysis) is 1. The van der Waals surface area contributed by atoms with Crippen molar-refractivity contribution >= 4 is 18.5 Å². The molecule has 1 fully saturated rings. The Morgan fingerprint density at radius 1 is 1.22 bits per heavy atom. The van der Waals surface area contributed by atoms with E-state index in [0.717, 1.165) is 12.1 Å². The minimum Gasteiger partial charge on any atom is -0.445 e. The molecule has 1 aliphatic rings. The first-order valence-electron chi connectivity index (χ1n) is 6.02. The second kappa shape index (κ2) is 7.95. The molecular formula is C13H19ClN2O2. The number of hydrogen-bond donors (Lipinski definition) is 2. The molecule has 100 valence electrons. The molecule has 18 heavy (non-hydrogen) atoms. The number of ether oxygens (including phenoxy) is 1. The lowest BCUT2D eigenvalue weighted by molar-refractivity contribution is 0.139. The lowest BCUT2D eigenvalue weighted by atomic mass is 10.2. The summed E-state index contributed by atoms with van der Waals surface area (Å²) >= 11 is 0. The molecule has 0 atom stereocenters. The number of halogens is 1. The third-order valence-corrected chi connectivity index (χ3v) is 2.62. The van der Waals surface area contributed by atoms with Crippen LogP contribution in [-0.2, 0) is 11.3 Å². The highest BCUT2D eigenvalue weighted by Crippen LogP contribution is 2.17. The van der Waals surface area contributed by atoms with Crippen LogP contribution in [-0.4, -0.2) is 25.2 Å². The van der Waals surface area contributed by atoms with Gasteiger partial charge < -0.3 is 15.4 Å². The first-order valence-corrected chi connectivity index (χ1v) is 6.02. The van der Waals surface area contributed by atoms with Gasteiger partial charge in [0, 0.05) is 19.1 Å². The van der Waals surface area contributed by atoms with Crippen molar-refractivity contribution in [3.8, 4) is 0 Å². The minimum absolute atomic E-state index is 0. The van der Waals surface area contributed by atoms with E-state index in [0.29, 0.717) is 19.2 Å². The van der Waals surface area contributed by atoms with Gasteiger partial charge in [-0.05, 0) is 18.4 Å². The summed E-state index contributed by atoms with van der Waals surface area (Å²) in [5.74, 6) is 0. The van der Waals surface area contributed by atoms with Crippen molar-refractivity contribution in [3.05, 3.63) is 35.9 Å². The van der Waals surface area contributed by atoms with Crippen LogP contribution >= 0.6 is 12.4 Å². The largest absolute Gasteiger partial charge is 0.445 e. The van der Waals surface area contributed by atoms with Gasteiger partial charge in [-0.25, -0.2) is 4.79 Å². The van der Waals surface area contributed by atoms with E-state index in [-0.39, 0.29) is 18.5 Å². The molecule has 0 heterocycles. The van der Waals surface area contributed by atoms with Crippen molar-refractivity contribution in [2.75, 3.05) is 13.1 Å². The van der Waals surface area contributed by atoms with Gasteiger partial charge in [0.25, 0.3) is 0 Å². The summed E-state index contributed by atoms with van der Waals surface area (Å²) in [6.07, 6.45) is 2.17. The van der Waals surface area contributed by atoms with Crippen LogP contribution in [0.3, 0.4) is 0 Å². The average Bonchev–Trinajstić information content (AvgIpc) is 3.17. The van der Waals surface area contributed by atoms with E-state index in [1.807, 2.05) is 30.3 Å². The molecule has 1 aromatic rings. The second-order valence-electron chi connectivity index (χ2n) is 4.22. The Morgan fingerprint density at radius 2 is 1.94 bits per heavy atom. The maximum Gasteiger partial charge on any atom is 0.407 e. The highest BCUT2D eigenvalue weighted by molar-refractivity contribution is 5.85. The number of nitrogens with one attached hydrogen (secondary N) is 2. The fraction of sp³-hybridized carbons (Fsp3) is 0.462. The fourth-order valence-corrected chi connectivity index (χ4v) is 1.50. The maximum absolute atomic E-state index is 11.3. The topological polar surface area (TPSA) is 50.4 Å². The first kappa shape index (κ1) is 14.8. The van der Waals surface area contributed by atoms with Crippen molar-refractivity contribution in [2.24, 2.45) is 0 Å². The van der Waals surface area contributed by atoms with Crippen molar-refractivity contribution < 1.29 is 9.53 Å². The van der Waals surface area contributed by atoms with Crippen molar-refractivity contribution in [2.45, 2.75) is 25.5 Å². The van der Waals surface area contributed by atoms with Gasteiger partial charge in [0.2, 0.25) is 0 Å². The normalized spacial score (nSPS) is 13.6. The van der Waals surface area contributed by atoms with Gasteiger partial charge >= 0.3 is 6.09 Å². The molecule has 5 heteroatoms. The van der Waals surface area contributed by atoms with Crippen molar-refractivity contribution in [1.82, 2.24) is 10.6 Å². The van der Waals surface area contributed by atoms with Gasteiger partial charge in [-0.1, -0.05) is 30.3 Å². The Hall–Kier alpha value is -1.26. The number of rotatable bonds is 6. The molecule has 2 N–H and O–H groups in total. The number of hydrogen-bond acceptors (Lipinski definition) is 3. The van der Waals surface area contributed by atoms with E-state index in [1.165, 1.54) is 12.8 Å². The van der Waals surface area contributed by atoms with Gasteiger partial charge in [0.1, 0.15) is 6.61 Å². The van der Waals surface area contributed by atoms with Crippen LogP contribution in [0.2, 0.25) is 0 Å². The zero-order valence-corrected chi connectivity index (χ0v) is 11.0. The maximum atomic E-state index is 11.3. The number of amides is 1. The van der Waals surface area contributed by atoms with Crippen LogP contribution in [0.4, 0.5) is 4.79 Å². The Balaban J connectivity index is 0.00000162. The van der Waals surface area contributed by atoms with Crippen molar-refractivity contribution in [3.63, 3.8) is 0 Å². The lowest BCUT2D eigenvalue weighted by Gasteiger charge is -2.07. The molecule has 4 nitrogen and oxygen atoms in total. The molecule has 1 aliphatic carbocycles. The Kier molecular flexibility index (Phi) is 6.54. The number of carbonyl (C=O) groups excluding carboxylic acids is 1. The highest BCUT2D eigenvalue weighted by atomic mass is 35.5. The Labute approximate surface area is 114 Å². The lowest BCUT2D eigenvalue weighted by Crippen LogP contribution is -2.32. The standard InChI is InChI=1S/C13H18N2O2.ClH/c16-13(15-9-8-14-12-6-7-12)17-10-11-4-2-1-3-5-11;/h1-5,12,14H,6-10H2,(H,15,16);1H. The molecule has 0 saturated heterocycles. The number of carbonyl (C=O) groups is 1. The molecule has 0 bridgehead atoms. The third kappa shape index (κ3) is 5.89. The molecule has 1 amide bonds. The molecule has 1 aromatic carbocycles. The predicted molar refractivity (Wildman–Crippen MR) is 72.9 cm³/mol. The molecule has 0 spiro atoms. The monoisotopic (exact) mass is 270 g/mol. The third-order valence-electron chi connectivity index (χ3n) is 2.62. The second-order valence-corrected chi connectivity index (χ2v) is 4.22. The van der Waals surface area contributed by atoms with Gasteiger partial charge in [-0.15, -0.1) is 12.4 Å². The van der Waals surface area contributed by atoms with E-state index < -0.39 is 0 Å². The van der Waals surface area contributed by atoms with Gasteiger partial charge in [0.15, 0.2) is 0 Å². The van der Waals surface area contributed by atoms with E-state index in [4.69, 9.17) is 4.74 Å². The zero-order chi connectivity index (χ0) is 11.9. The van der Waals surface area contributed by atoms with E-state index in [1.54, 1.807) is 0 Å². The van der Waals surface area contributed by atoms with Crippen LogP contribution in [0.25, 0.3) is 0 Å². The highest BCUT2D eigenvalue weighted by Gasteiger charge is 2.19. The fourth-order valence-electron chi connectivity index (χ4n) is 1.50. The quantitative estimate of drug-likeness (QED) is 0.779. The summed E-state index contributed by atoms with van der Waals surface area (Å²) in [6, 6.07) is 10.3.